The number of aromatic nitrogens is 3. The molecule has 31 heavy (non-hydrogen) atoms. The lowest BCUT2D eigenvalue weighted by molar-refractivity contribution is -0.114. The van der Waals surface area contributed by atoms with Crippen LogP contribution in [0.3, 0.4) is 0 Å². The molecule has 0 aliphatic carbocycles. The van der Waals surface area contributed by atoms with Crippen LogP contribution < -0.4 is 10.6 Å². The molecule has 0 saturated carbocycles. The first-order chi connectivity index (χ1) is 14.7. The minimum absolute atomic E-state index is 0.108. The first kappa shape index (κ1) is 20.9. The molecule has 0 spiro atoms. The van der Waals surface area contributed by atoms with Gasteiger partial charge in [-0.3, -0.25) is 4.79 Å². The van der Waals surface area contributed by atoms with Crippen molar-refractivity contribution >= 4 is 40.3 Å². The van der Waals surface area contributed by atoms with E-state index in [4.69, 9.17) is 11.6 Å². The van der Waals surface area contributed by atoms with Crippen LogP contribution in [0.15, 0.2) is 60.8 Å². The van der Waals surface area contributed by atoms with E-state index >= 15 is 0 Å². The summed E-state index contributed by atoms with van der Waals surface area (Å²) in [5, 5.41) is 11.5. The van der Waals surface area contributed by atoms with Crippen LogP contribution in [0.4, 0.5) is 17.3 Å². The predicted molar refractivity (Wildman–Crippen MR) is 126 cm³/mol. The van der Waals surface area contributed by atoms with Crippen LogP contribution in [0.25, 0.3) is 16.8 Å². The Hall–Kier alpha value is -3.38. The van der Waals surface area contributed by atoms with Crippen molar-refractivity contribution in [2.45, 2.75) is 33.1 Å². The van der Waals surface area contributed by atoms with E-state index in [9.17, 15) is 4.79 Å². The van der Waals surface area contributed by atoms with Gasteiger partial charge in [0.15, 0.2) is 0 Å². The molecular weight excluding hydrogens is 410 g/mol. The molecule has 0 bridgehead atoms. The van der Waals surface area contributed by atoms with Gasteiger partial charge in [-0.25, -0.2) is 9.50 Å². The SMILES string of the molecule is CC(=O)Nc1cc(Nc2ncc3ccc(-c4cccc(Cl)c4)n3n2)ccc1C(C)(C)C. The van der Waals surface area contributed by atoms with Gasteiger partial charge >= 0.3 is 0 Å². The highest BCUT2D eigenvalue weighted by molar-refractivity contribution is 6.30. The molecule has 0 aliphatic heterocycles. The lowest BCUT2D eigenvalue weighted by Crippen LogP contribution is -2.17. The van der Waals surface area contributed by atoms with Crippen molar-refractivity contribution in [3.05, 3.63) is 71.4 Å². The summed E-state index contributed by atoms with van der Waals surface area (Å²) in [5.41, 5.74) is 5.27. The fourth-order valence-corrected chi connectivity index (χ4v) is 3.71. The van der Waals surface area contributed by atoms with E-state index in [0.29, 0.717) is 11.0 Å². The zero-order valence-corrected chi connectivity index (χ0v) is 18.7. The first-order valence-corrected chi connectivity index (χ1v) is 10.4. The smallest absolute Gasteiger partial charge is 0.245 e. The van der Waals surface area contributed by atoms with E-state index in [1.807, 2.05) is 59.1 Å². The number of fused-ring (bicyclic) bond motifs is 1. The van der Waals surface area contributed by atoms with Gasteiger partial charge in [-0.15, -0.1) is 5.10 Å². The van der Waals surface area contributed by atoms with Gasteiger partial charge < -0.3 is 10.6 Å². The van der Waals surface area contributed by atoms with Crippen molar-refractivity contribution in [1.29, 1.82) is 0 Å². The van der Waals surface area contributed by atoms with E-state index in [1.54, 1.807) is 6.20 Å². The van der Waals surface area contributed by atoms with Gasteiger partial charge in [0.05, 0.1) is 17.4 Å². The van der Waals surface area contributed by atoms with Crippen LogP contribution in [0.1, 0.15) is 33.3 Å². The standard InChI is InChI=1S/C24H24ClN5O/c1-15(31)27-21-13-18(8-10-20(21)24(2,3)4)28-23-26-14-19-9-11-22(30(19)29-23)16-6-5-7-17(25)12-16/h5-14H,1-4H3,(H,27,31)(H,28,29). The maximum Gasteiger partial charge on any atom is 0.245 e. The van der Waals surface area contributed by atoms with Crippen LogP contribution >= 0.6 is 11.6 Å². The minimum atomic E-state index is -0.112. The molecule has 0 saturated heterocycles. The number of nitrogens with zero attached hydrogens (tertiary/aromatic N) is 3. The van der Waals surface area contributed by atoms with Crippen LogP contribution in [-0.2, 0) is 10.2 Å². The maximum absolute atomic E-state index is 11.7. The van der Waals surface area contributed by atoms with Crippen molar-refractivity contribution in [1.82, 2.24) is 14.6 Å². The summed E-state index contributed by atoms with van der Waals surface area (Å²) < 4.78 is 1.83. The average Bonchev–Trinajstić information content (AvgIpc) is 3.10. The first-order valence-electron chi connectivity index (χ1n) is 10.0. The van der Waals surface area contributed by atoms with Crippen molar-refractivity contribution < 1.29 is 4.79 Å². The number of hydrogen-bond donors (Lipinski definition) is 2. The Morgan fingerprint density at radius 1 is 1.06 bits per heavy atom. The summed E-state index contributed by atoms with van der Waals surface area (Å²) in [6.07, 6.45) is 1.77. The summed E-state index contributed by atoms with van der Waals surface area (Å²) in [5.74, 6) is 0.336. The fourth-order valence-electron chi connectivity index (χ4n) is 3.52. The number of halogens is 1. The topological polar surface area (TPSA) is 71.3 Å². The Balaban J connectivity index is 1.70. The van der Waals surface area contributed by atoms with Gasteiger partial charge in [0, 0.05) is 28.9 Å². The van der Waals surface area contributed by atoms with E-state index in [1.165, 1.54) is 6.92 Å². The summed E-state index contributed by atoms with van der Waals surface area (Å²) in [4.78, 5) is 16.1. The molecule has 6 nitrogen and oxygen atoms in total. The van der Waals surface area contributed by atoms with E-state index in [-0.39, 0.29) is 11.3 Å². The summed E-state index contributed by atoms with van der Waals surface area (Å²) in [6, 6.07) is 17.5. The maximum atomic E-state index is 11.7. The highest BCUT2D eigenvalue weighted by Gasteiger charge is 2.19. The number of anilines is 3. The van der Waals surface area contributed by atoms with Crippen molar-refractivity contribution in [2.75, 3.05) is 10.6 Å². The third-order valence-electron chi connectivity index (χ3n) is 4.91. The zero-order chi connectivity index (χ0) is 22.2. The monoisotopic (exact) mass is 433 g/mol. The fraction of sp³-hybridized carbons (Fsp3) is 0.208. The normalized spacial score (nSPS) is 11.5. The van der Waals surface area contributed by atoms with Gasteiger partial charge in [0.25, 0.3) is 0 Å². The number of hydrogen-bond acceptors (Lipinski definition) is 4. The molecule has 2 N–H and O–H groups in total. The molecule has 0 unspecified atom stereocenters. The molecular formula is C24H24ClN5O. The molecule has 158 valence electrons. The summed E-state index contributed by atoms with van der Waals surface area (Å²) in [7, 11) is 0. The number of amides is 1. The van der Waals surface area contributed by atoms with Gasteiger partial charge in [0.2, 0.25) is 11.9 Å². The number of nitrogens with one attached hydrogen (secondary N) is 2. The van der Waals surface area contributed by atoms with Crippen LogP contribution in [0, 0.1) is 0 Å². The molecule has 0 radical (unpaired) electrons. The Morgan fingerprint density at radius 2 is 1.87 bits per heavy atom. The Bertz CT molecular complexity index is 1270. The third kappa shape index (κ3) is 4.54. The molecule has 2 aromatic heterocycles. The highest BCUT2D eigenvalue weighted by Crippen LogP contribution is 2.32. The molecule has 7 heteroatoms. The molecule has 0 atom stereocenters. The largest absolute Gasteiger partial charge is 0.326 e. The van der Waals surface area contributed by atoms with Crippen molar-refractivity contribution in [2.24, 2.45) is 0 Å². The number of benzene rings is 2. The number of carbonyl (C=O) groups is 1. The molecule has 4 aromatic rings. The number of carbonyl (C=O) groups excluding carboxylic acids is 1. The van der Waals surface area contributed by atoms with E-state index in [0.717, 1.165) is 33.7 Å². The molecule has 0 aliphatic rings. The Morgan fingerprint density at radius 3 is 2.58 bits per heavy atom. The lowest BCUT2D eigenvalue weighted by Gasteiger charge is -2.23. The van der Waals surface area contributed by atoms with Gasteiger partial charge in [-0.2, -0.15) is 0 Å². The van der Waals surface area contributed by atoms with Crippen LogP contribution in [0.2, 0.25) is 5.02 Å². The summed E-state index contributed by atoms with van der Waals surface area (Å²) in [6.45, 7) is 7.84. The van der Waals surface area contributed by atoms with Gasteiger partial charge in [-0.1, -0.05) is 50.6 Å². The second-order valence-corrected chi connectivity index (χ2v) is 8.90. The predicted octanol–water partition coefficient (Wildman–Crippen LogP) is 6.05. The summed E-state index contributed by atoms with van der Waals surface area (Å²) >= 11 is 6.16. The van der Waals surface area contributed by atoms with Gasteiger partial charge in [-0.05, 0) is 47.4 Å². The quantitative estimate of drug-likeness (QED) is 0.411. The highest BCUT2D eigenvalue weighted by atomic mass is 35.5. The molecule has 2 aromatic carbocycles. The molecule has 0 fully saturated rings. The Kier molecular flexibility index (Phi) is 5.41. The van der Waals surface area contributed by atoms with Crippen LogP contribution in [0.5, 0.6) is 0 Å². The van der Waals surface area contributed by atoms with Crippen molar-refractivity contribution in [3.63, 3.8) is 0 Å². The second-order valence-electron chi connectivity index (χ2n) is 8.46. The van der Waals surface area contributed by atoms with Crippen LogP contribution in [-0.4, -0.2) is 20.5 Å². The van der Waals surface area contributed by atoms with Crippen molar-refractivity contribution in [3.8, 4) is 11.3 Å². The second kappa shape index (κ2) is 8.04. The zero-order valence-electron chi connectivity index (χ0n) is 17.9. The van der Waals surface area contributed by atoms with Gasteiger partial charge in [0.1, 0.15) is 0 Å². The molecule has 2 heterocycles. The third-order valence-corrected chi connectivity index (χ3v) is 5.15. The average molecular weight is 434 g/mol. The Labute approximate surface area is 186 Å². The van der Waals surface area contributed by atoms with E-state index < -0.39 is 0 Å². The lowest BCUT2D eigenvalue weighted by atomic mass is 9.85. The number of rotatable bonds is 4. The van der Waals surface area contributed by atoms with E-state index in [2.05, 4.69) is 41.5 Å². The molecule has 1 amide bonds. The minimum Gasteiger partial charge on any atom is -0.326 e. The molecule has 4 rings (SSSR count).